The van der Waals surface area contributed by atoms with Gasteiger partial charge in [-0.3, -0.25) is 0 Å². The van der Waals surface area contributed by atoms with Gasteiger partial charge in [0.25, 0.3) is 0 Å². The molecular formula is C17H23ClN2O3. The van der Waals surface area contributed by atoms with E-state index in [1.807, 2.05) is 30.3 Å². The Morgan fingerprint density at radius 3 is 2.70 bits per heavy atom. The first-order valence-electron chi connectivity index (χ1n) is 7.62. The van der Waals surface area contributed by atoms with E-state index in [4.69, 9.17) is 25.9 Å². The molecule has 2 aromatic rings. The molecule has 0 aliphatic carbocycles. The minimum atomic E-state index is -0.320. The molecule has 0 unspecified atom stereocenters. The molecule has 6 heteroatoms. The second-order valence-corrected chi connectivity index (χ2v) is 5.75. The van der Waals surface area contributed by atoms with Crippen molar-refractivity contribution in [3.05, 3.63) is 41.1 Å². The van der Waals surface area contributed by atoms with Crippen LogP contribution in [0.4, 0.5) is 0 Å². The molecule has 0 radical (unpaired) electrons. The average molecular weight is 339 g/mol. The topological polar surface area (TPSA) is 66.7 Å². The molecule has 0 fully saturated rings. The predicted octanol–water partition coefficient (Wildman–Crippen LogP) is 2.67. The Kier molecular flexibility index (Phi) is 6.92. The van der Waals surface area contributed by atoms with Gasteiger partial charge in [0.15, 0.2) is 0 Å². The van der Waals surface area contributed by atoms with Crippen molar-refractivity contribution < 1.29 is 14.3 Å². The number of hydrogen-bond acceptors (Lipinski definition) is 5. The van der Waals surface area contributed by atoms with Gasteiger partial charge in [-0.05, 0) is 37.3 Å². The number of methoxy groups -OCH3 is 1. The average Bonchev–Trinajstić information content (AvgIpc) is 2.99. The summed E-state index contributed by atoms with van der Waals surface area (Å²) in [5, 5.41) is 16.1. The van der Waals surface area contributed by atoms with Gasteiger partial charge in [-0.15, -0.1) is 0 Å². The van der Waals surface area contributed by atoms with Crippen molar-refractivity contribution in [3.63, 3.8) is 0 Å². The van der Waals surface area contributed by atoms with Crippen molar-refractivity contribution in [2.45, 2.75) is 19.6 Å². The third-order valence-electron chi connectivity index (χ3n) is 3.32. The molecule has 0 spiro atoms. The van der Waals surface area contributed by atoms with Crippen LogP contribution in [-0.2, 0) is 6.54 Å². The fourth-order valence-corrected chi connectivity index (χ4v) is 2.40. The lowest BCUT2D eigenvalue weighted by atomic mass is 10.2. The lowest BCUT2D eigenvalue weighted by Crippen LogP contribution is -2.31. The molecule has 2 rings (SSSR count). The Labute approximate surface area is 141 Å². The first-order chi connectivity index (χ1) is 11.1. The monoisotopic (exact) mass is 338 g/mol. The molecule has 1 heterocycles. The van der Waals surface area contributed by atoms with Gasteiger partial charge < -0.3 is 24.9 Å². The fraction of sp³-hybridized carbons (Fsp3) is 0.412. The van der Waals surface area contributed by atoms with E-state index in [1.54, 1.807) is 14.0 Å². The molecule has 0 aliphatic rings. The Morgan fingerprint density at radius 2 is 2.00 bits per heavy atom. The van der Waals surface area contributed by atoms with Crippen LogP contribution in [0.2, 0.25) is 5.02 Å². The first kappa shape index (κ1) is 17.8. The van der Waals surface area contributed by atoms with E-state index in [2.05, 4.69) is 10.6 Å². The third-order valence-corrected chi connectivity index (χ3v) is 3.61. The number of ether oxygens (including phenoxy) is 1. The summed E-state index contributed by atoms with van der Waals surface area (Å²) in [6.07, 6.45) is -0.320. The van der Waals surface area contributed by atoms with Gasteiger partial charge in [0.1, 0.15) is 17.3 Å². The zero-order valence-electron chi connectivity index (χ0n) is 13.4. The van der Waals surface area contributed by atoms with Crippen LogP contribution in [-0.4, -0.2) is 38.0 Å². The quantitative estimate of drug-likeness (QED) is 0.613. The van der Waals surface area contributed by atoms with E-state index in [0.717, 1.165) is 30.2 Å². The summed E-state index contributed by atoms with van der Waals surface area (Å²) in [6, 6.07) is 9.45. The van der Waals surface area contributed by atoms with Crippen LogP contribution >= 0.6 is 11.6 Å². The number of halogens is 1. The Bertz CT molecular complexity index is 614. The van der Waals surface area contributed by atoms with E-state index in [0.29, 0.717) is 23.9 Å². The molecule has 126 valence electrons. The standard InChI is InChI=1S/C17H23ClN2O3/c1-12(21)10-19-7-8-20-11-14-4-6-16(23-14)13-3-5-17(22-2)15(18)9-13/h3-6,9,12,19-21H,7-8,10-11H2,1-2H3/t12-/m1/s1. The van der Waals surface area contributed by atoms with Gasteiger partial charge in [-0.25, -0.2) is 0 Å². The summed E-state index contributed by atoms with van der Waals surface area (Å²) in [5.74, 6) is 2.29. The van der Waals surface area contributed by atoms with Crippen LogP contribution in [0.3, 0.4) is 0 Å². The maximum Gasteiger partial charge on any atom is 0.137 e. The number of aliphatic hydroxyl groups excluding tert-OH is 1. The molecule has 1 atom stereocenters. The van der Waals surface area contributed by atoms with Gasteiger partial charge in [0.2, 0.25) is 0 Å². The SMILES string of the molecule is COc1ccc(-c2ccc(CNCCNC[C@@H](C)O)o2)cc1Cl. The van der Waals surface area contributed by atoms with Crippen LogP contribution in [0.15, 0.2) is 34.7 Å². The molecule has 3 N–H and O–H groups in total. The summed E-state index contributed by atoms with van der Waals surface area (Å²) in [6.45, 7) is 4.62. The molecule has 0 aliphatic heterocycles. The van der Waals surface area contributed by atoms with E-state index in [9.17, 15) is 0 Å². The fourth-order valence-electron chi connectivity index (χ4n) is 2.15. The maximum atomic E-state index is 9.14. The van der Waals surface area contributed by atoms with Crippen molar-refractivity contribution >= 4 is 11.6 Å². The Hall–Kier alpha value is -1.53. The van der Waals surface area contributed by atoms with Gasteiger partial charge in [0, 0.05) is 25.2 Å². The molecule has 5 nitrogen and oxygen atoms in total. The molecule has 23 heavy (non-hydrogen) atoms. The number of furan rings is 1. The van der Waals surface area contributed by atoms with Crippen molar-refractivity contribution in [1.29, 1.82) is 0 Å². The zero-order chi connectivity index (χ0) is 16.7. The Balaban J connectivity index is 1.82. The second-order valence-electron chi connectivity index (χ2n) is 5.35. The first-order valence-corrected chi connectivity index (χ1v) is 8.00. The highest BCUT2D eigenvalue weighted by Gasteiger charge is 2.08. The van der Waals surface area contributed by atoms with Crippen molar-refractivity contribution in [1.82, 2.24) is 10.6 Å². The van der Waals surface area contributed by atoms with Crippen molar-refractivity contribution in [2.24, 2.45) is 0 Å². The molecule has 1 aromatic carbocycles. The second kappa shape index (κ2) is 8.93. The molecule has 1 aromatic heterocycles. The van der Waals surface area contributed by atoms with Gasteiger partial charge in [0.05, 0.1) is 24.8 Å². The number of hydrogen-bond donors (Lipinski definition) is 3. The van der Waals surface area contributed by atoms with Crippen LogP contribution in [0.5, 0.6) is 5.75 Å². The van der Waals surface area contributed by atoms with Crippen LogP contribution < -0.4 is 15.4 Å². The van der Waals surface area contributed by atoms with E-state index >= 15 is 0 Å². The number of aliphatic hydroxyl groups is 1. The predicted molar refractivity (Wildman–Crippen MR) is 92.0 cm³/mol. The van der Waals surface area contributed by atoms with Gasteiger partial charge in [-0.2, -0.15) is 0 Å². The summed E-state index contributed by atoms with van der Waals surface area (Å²) in [5.41, 5.74) is 0.917. The number of rotatable bonds is 9. The highest BCUT2D eigenvalue weighted by Crippen LogP contribution is 2.30. The Morgan fingerprint density at radius 1 is 1.22 bits per heavy atom. The van der Waals surface area contributed by atoms with Crippen molar-refractivity contribution in [3.8, 4) is 17.1 Å². The van der Waals surface area contributed by atoms with Crippen LogP contribution in [0.1, 0.15) is 12.7 Å². The molecule has 0 amide bonds. The summed E-state index contributed by atoms with van der Waals surface area (Å²) < 4.78 is 11.0. The van der Waals surface area contributed by atoms with Crippen molar-refractivity contribution in [2.75, 3.05) is 26.7 Å². The van der Waals surface area contributed by atoms with E-state index in [-0.39, 0.29) is 6.10 Å². The molecular weight excluding hydrogens is 316 g/mol. The molecule has 0 saturated heterocycles. The van der Waals surface area contributed by atoms with Crippen LogP contribution in [0.25, 0.3) is 11.3 Å². The van der Waals surface area contributed by atoms with E-state index < -0.39 is 0 Å². The molecule has 0 saturated carbocycles. The lowest BCUT2D eigenvalue weighted by Gasteiger charge is -2.07. The highest BCUT2D eigenvalue weighted by molar-refractivity contribution is 6.32. The lowest BCUT2D eigenvalue weighted by molar-refractivity contribution is 0.191. The molecule has 0 bridgehead atoms. The van der Waals surface area contributed by atoms with Gasteiger partial charge >= 0.3 is 0 Å². The largest absolute Gasteiger partial charge is 0.495 e. The maximum absolute atomic E-state index is 9.14. The zero-order valence-corrected chi connectivity index (χ0v) is 14.2. The summed E-state index contributed by atoms with van der Waals surface area (Å²) >= 11 is 6.14. The summed E-state index contributed by atoms with van der Waals surface area (Å²) in [4.78, 5) is 0. The summed E-state index contributed by atoms with van der Waals surface area (Å²) in [7, 11) is 1.59. The van der Waals surface area contributed by atoms with Gasteiger partial charge in [-0.1, -0.05) is 11.6 Å². The minimum Gasteiger partial charge on any atom is -0.495 e. The van der Waals surface area contributed by atoms with E-state index in [1.165, 1.54) is 0 Å². The minimum absolute atomic E-state index is 0.320. The third kappa shape index (κ3) is 5.55. The number of benzene rings is 1. The number of nitrogens with one attached hydrogen (secondary N) is 2. The smallest absolute Gasteiger partial charge is 0.137 e. The van der Waals surface area contributed by atoms with Crippen LogP contribution in [0, 0.1) is 0 Å². The highest BCUT2D eigenvalue weighted by atomic mass is 35.5. The normalized spacial score (nSPS) is 12.3.